The van der Waals surface area contributed by atoms with E-state index in [-0.39, 0.29) is 11.9 Å². The molecule has 1 aliphatic heterocycles. The third-order valence-electron chi connectivity index (χ3n) is 4.24. The second-order valence-electron chi connectivity index (χ2n) is 5.68. The summed E-state index contributed by atoms with van der Waals surface area (Å²) in [4.78, 5) is 2.51. The predicted molar refractivity (Wildman–Crippen MR) is 77.7 cm³/mol. The molecule has 1 aliphatic rings. The monoisotopic (exact) mass is 264 g/mol. The SMILES string of the molecule is CNC(CCN1CCC(C)CC1)c1ccccc1F. The van der Waals surface area contributed by atoms with Crippen molar-refractivity contribution in [1.29, 1.82) is 0 Å². The molecule has 0 aromatic heterocycles. The number of likely N-dealkylation sites (tertiary alicyclic amines) is 1. The van der Waals surface area contributed by atoms with E-state index in [9.17, 15) is 4.39 Å². The lowest BCUT2D eigenvalue weighted by molar-refractivity contribution is 0.184. The maximum absolute atomic E-state index is 13.8. The van der Waals surface area contributed by atoms with Crippen molar-refractivity contribution in [3.63, 3.8) is 0 Å². The summed E-state index contributed by atoms with van der Waals surface area (Å²) >= 11 is 0. The van der Waals surface area contributed by atoms with E-state index in [1.165, 1.54) is 25.9 Å². The summed E-state index contributed by atoms with van der Waals surface area (Å²) in [7, 11) is 1.91. The third kappa shape index (κ3) is 4.02. The van der Waals surface area contributed by atoms with Crippen molar-refractivity contribution in [3.05, 3.63) is 35.6 Å². The summed E-state index contributed by atoms with van der Waals surface area (Å²) in [6.07, 6.45) is 3.56. The minimum atomic E-state index is -0.103. The van der Waals surface area contributed by atoms with Gasteiger partial charge in [0.05, 0.1) is 0 Å². The Balaban J connectivity index is 1.88. The summed E-state index contributed by atoms with van der Waals surface area (Å²) in [6.45, 7) is 5.75. The van der Waals surface area contributed by atoms with E-state index in [0.29, 0.717) is 0 Å². The van der Waals surface area contributed by atoms with E-state index >= 15 is 0 Å². The Morgan fingerprint density at radius 2 is 2.00 bits per heavy atom. The lowest BCUT2D eigenvalue weighted by Crippen LogP contribution is -2.35. The number of rotatable bonds is 5. The van der Waals surface area contributed by atoms with Gasteiger partial charge in [-0.1, -0.05) is 25.1 Å². The average Bonchev–Trinajstić information content (AvgIpc) is 2.43. The largest absolute Gasteiger partial charge is 0.313 e. The van der Waals surface area contributed by atoms with Crippen molar-refractivity contribution in [2.24, 2.45) is 5.92 Å². The minimum Gasteiger partial charge on any atom is -0.313 e. The number of nitrogens with one attached hydrogen (secondary N) is 1. The normalized spacial score (nSPS) is 19.5. The highest BCUT2D eigenvalue weighted by molar-refractivity contribution is 5.21. The van der Waals surface area contributed by atoms with Crippen LogP contribution in [0.3, 0.4) is 0 Å². The van der Waals surface area contributed by atoms with Crippen molar-refractivity contribution in [1.82, 2.24) is 10.2 Å². The van der Waals surface area contributed by atoms with E-state index < -0.39 is 0 Å². The van der Waals surface area contributed by atoms with E-state index in [4.69, 9.17) is 0 Å². The van der Waals surface area contributed by atoms with Crippen LogP contribution in [0.25, 0.3) is 0 Å². The zero-order valence-corrected chi connectivity index (χ0v) is 12.0. The number of nitrogens with zero attached hydrogens (tertiary/aromatic N) is 1. The van der Waals surface area contributed by atoms with Gasteiger partial charge in [-0.3, -0.25) is 0 Å². The van der Waals surface area contributed by atoms with Crippen molar-refractivity contribution in [3.8, 4) is 0 Å². The maximum Gasteiger partial charge on any atom is 0.127 e. The van der Waals surface area contributed by atoms with Gasteiger partial charge in [0, 0.05) is 11.6 Å². The Labute approximate surface area is 116 Å². The van der Waals surface area contributed by atoms with Crippen LogP contribution in [0, 0.1) is 11.7 Å². The Morgan fingerprint density at radius 3 is 2.63 bits per heavy atom. The van der Waals surface area contributed by atoms with Crippen LogP contribution in [0.1, 0.15) is 37.8 Å². The summed E-state index contributed by atoms with van der Waals surface area (Å²) < 4.78 is 13.8. The van der Waals surface area contributed by atoms with Gasteiger partial charge in [-0.2, -0.15) is 0 Å². The molecule has 0 aliphatic carbocycles. The van der Waals surface area contributed by atoms with E-state index in [2.05, 4.69) is 17.1 Å². The molecule has 1 heterocycles. The first-order chi connectivity index (χ1) is 9.20. The fraction of sp³-hybridized carbons (Fsp3) is 0.625. The number of hydrogen-bond donors (Lipinski definition) is 1. The highest BCUT2D eigenvalue weighted by Gasteiger charge is 2.18. The molecule has 0 radical (unpaired) electrons. The molecular weight excluding hydrogens is 239 g/mol. The second kappa shape index (κ2) is 7.01. The fourth-order valence-electron chi connectivity index (χ4n) is 2.81. The zero-order chi connectivity index (χ0) is 13.7. The van der Waals surface area contributed by atoms with Crippen molar-refractivity contribution in [2.45, 2.75) is 32.2 Å². The van der Waals surface area contributed by atoms with Crippen LogP contribution < -0.4 is 5.32 Å². The van der Waals surface area contributed by atoms with Gasteiger partial charge in [0.15, 0.2) is 0 Å². The Hall–Kier alpha value is -0.930. The predicted octanol–water partition coefficient (Wildman–Crippen LogP) is 3.21. The molecule has 3 heteroatoms. The van der Waals surface area contributed by atoms with Crippen molar-refractivity contribution >= 4 is 0 Å². The van der Waals surface area contributed by atoms with Gasteiger partial charge in [-0.15, -0.1) is 0 Å². The topological polar surface area (TPSA) is 15.3 Å². The molecule has 19 heavy (non-hydrogen) atoms. The summed E-state index contributed by atoms with van der Waals surface area (Å²) in [5.74, 6) is 0.761. The molecule has 1 N–H and O–H groups in total. The molecule has 0 bridgehead atoms. The molecule has 1 aromatic rings. The average molecular weight is 264 g/mol. The molecule has 0 amide bonds. The first kappa shape index (κ1) is 14.5. The zero-order valence-electron chi connectivity index (χ0n) is 12.0. The Bertz CT molecular complexity index is 386. The van der Waals surface area contributed by atoms with Crippen molar-refractivity contribution in [2.75, 3.05) is 26.7 Å². The van der Waals surface area contributed by atoms with Gasteiger partial charge in [-0.05, 0) is 57.9 Å². The van der Waals surface area contributed by atoms with Crippen LogP contribution in [-0.2, 0) is 0 Å². The van der Waals surface area contributed by atoms with Crippen LogP contribution >= 0.6 is 0 Å². The molecule has 1 fully saturated rings. The standard InChI is InChI=1S/C16H25FN2/c1-13-7-10-19(11-8-13)12-9-16(18-2)14-5-3-4-6-15(14)17/h3-6,13,16,18H,7-12H2,1-2H3. The molecule has 1 unspecified atom stereocenters. The van der Waals surface area contributed by atoms with Gasteiger partial charge in [-0.25, -0.2) is 4.39 Å². The minimum absolute atomic E-state index is 0.103. The molecule has 106 valence electrons. The first-order valence-corrected chi connectivity index (χ1v) is 7.34. The maximum atomic E-state index is 13.8. The van der Waals surface area contributed by atoms with Crippen LogP contribution in [0.15, 0.2) is 24.3 Å². The van der Waals surface area contributed by atoms with Gasteiger partial charge in [0.25, 0.3) is 0 Å². The van der Waals surface area contributed by atoms with Crippen LogP contribution in [0.2, 0.25) is 0 Å². The number of halogens is 1. The highest BCUT2D eigenvalue weighted by atomic mass is 19.1. The molecule has 0 spiro atoms. The lowest BCUT2D eigenvalue weighted by atomic mass is 9.98. The number of benzene rings is 1. The number of piperidine rings is 1. The van der Waals surface area contributed by atoms with Crippen LogP contribution in [-0.4, -0.2) is 31.6 Å². The fourth-order valence-corrected chi connectivity index (χ4v) is 2.81. The van der Waals surface area contributed by atoms with E-state index in [1.807, 2.05) is 19.2 Å². The Kier molecular flexibility index (Phi) is 5.34. The smallest absolute Gasteiger partial charge is 0.127 e. The highest BCUT2D eigenvalue weighted by Crippen LogP contribution is 2.22. The molecule has 1 aromatic carbocycles. The molecule has 2 rings (SSSR count). The summed E-state index contributed by atoms with van der Waals surface area (Å²) in [6, 6.07) is 7.19. The molecular formula is C16H25FN2. The molecule has 1 atom stereocenters. The van der Waals surface area contributed by atoms with Crippen LogP contribution in [0.4, 0.5) is 4.39 Å². The Morgan fingerprint density at radius 1 is 1.32 bits per heavy atom. The molecule has 1 saturated heterocycles. The van der Waals surface area contributed by atoms with Gasteiger partial charge in [0.2, 0.25) is 0 Å². The summed E-state index contributed by atoms with van der Waals surface area (Å²) in [5, 5.41) is 3.24. The van der Waals surface area contributed by atoms with Gasteiger partial charge in [0.1, 0.15) is 5.82 Å². The van der Waals surface area contributed by atoms with E-state index in [1.54, 1.807) is 12.1 Å². The second-order valence-corrected chi connectivity index (χ2v) is 5.68. The first-order valence-electron chi connectivity index (χ1n) is 7.34. The lowest BCUT2D eigenvalue weighted by Gasteiger charge is -2.31. The summed E-state index contributed by atoms with van der Waals surface area (Å²) in [5.41, 5.74) is 0.787. The molecule has 2 nitrogen and oxygen atoms in total. The quantitative estimate of drug-likeness (QED) is 0.878. The van der Waals surface area contributed by atoms with Gasteiger partial charge >= 0.3 is 0 Å². The van der Waals surface area contributed by atoms with E-state index in [0.717, 1.165) is 24.4 Å². The van der Waals surface area contributed by atoms with Crippen molar-refractivity contribution < 1.29 is 4.39 Å². The number of hydrogen-bond acceptors (Lipinski definition) is 2. The molecule has 0 saturated carbocycles. The third-order valence-corrected chi connectivity index (χ3v) is 4.24. The van der Waals surface area contributed by atoms with Gasteiger partial charge < -0.3 is 10.2 Å². The van der Waals surface area contributed by atoms with Crippen LogP contribution in [0.5, 0.6) is 0 Å².